The number of imide groups is 1. The van der Waals surface area contributed by atoms with E-state index >= 15 is 0 Å². The number of rotatable bonds is 6. The number of esters is 2. The van der Waals surface area contributed by atoms with Crippen molar-refractivity contribution in [3.8, 4) is 5.75 Å². The van der Waals surface area contributed by atoms with E-state index in [0.717, 1.165) is 4.90 Å². The molecule has 0 aliphatic carbocycles. The van der Waals surface area contributed by atoms with Crippen LogP contribution in [0.5, 0.6) is 5.75 Å². The number of hydrogen-bond donors (Lipinski definition) is 0. The molecule has 8 nitrogen and oxygen atoms in total. The number of nitrogens with zero attached hydrogens (tertiary/aromatic N) is 1. The lowest BCUT2D eigenvalue weighted by Crippen LogP contribution is -2.37. The SMILES string of the molecule is COc1ccc(N2C(=O)[C@H](OC(=O)c3ccccc3)[C@@H](OC(=O)c3ccccc3)C2=O)cc1. The number of ether oxygens (including phenoxy) is 3. The Bertz CT molecular complexity index is 1100. The van der Waals surface area contributed by atoms with E-state index in [1.807, 2.05) is 0 Å². The van der Waals surface area contributed by atoms with Gasteiger partial charge in [0.05, 0.1) is 23.9 Å². The van der Waals surface area contributed by atoms with Crippen molar-refractivity contribution >= 4 is 29.4 Å². The van der Waals surface area contributed by atoms with Crippen LogP contribution in [0.4, 0.5) is 5.69 Å². The molecule has 3 aromatic carbocycles. The van der Waals surface area contributed by atoms with Gasteiger partial charge < -0.3 is 14.2 Å². The smallest absolute Gasteiger partial charge is 0.339 e. The number of anilines is 1. The van der Waals surface area contributed by atoms with Gasteiger partial charge in [0, 0.05) is 0 Å². The van der Waals surface area contributed by atoms with Crippen LogP contribution in [0.15, 0.2) is 84.9 Å². The number of amides is 2. The van der Waals surface area contributed by atoms with Crippen LogP contribution in [-0.2, 0) is 19.1 Å². The van der Waals surface area contributed by atoms with Crippen molar-refractivity contribution in [3.63, 3.8) is 0 Å². The third kappa shape index (κ3) is 4.45. The Balaban J connectivity index is 1.65. The summed E-state index contributed by atoms with van der Waals surface area (Å²) in [6, 6.07) is 22.2. The average Bonchev–Trinajstić information content (AvgIpc) is 3.09. The molecule has 0 aromatic heterocycles. The Morgan fingerprint density at radius 1 is 0.667 bits per heavy atom. The highest BCUT2D eigenvalue weighted by atomic mass is 16.6. The van der Waals surface area contributed by atoms with Gasteiger partial charge in [-0.2, -0.15) is 0 Å². The highest BCUT2D eigenvalue weighted by molar-refractivity contribution is 6.25. The highest BCUT2D eigenvalue weighted by Gasteiger charge is 2.53. The summed E-state index contributed by atoms with van der Waals surface area (Å²) < 4.78 is 15.9. The molecule has 1 aliphatic rings. The number of carbonyl (C=O) groups excluding carboxylic acids is 4. The Kier molecular flexibility index (Phi) is 6.17. The molecule has 0 unspecified atom stereocenters. The number of methoxy groups -OCH3 is 1. The zero-order valence-corrected chi connectivity index (χ0v) is 17.5. The van der Waals surface area contributed by atoms with Crippen LogP contribution in [0.25, 0.3) is 0 Å². The van der Waals surface area contributed by atoms with Gasteiger partial charge in [-0.3, -0.25) is 9.59 Å². The van der Waals surface area contributed by atoms with Gasteiger partial charge in [0.1, 0.15) is 5.75 Å². The molecule has 1 aliphatic heterocycles. The molecule has 0 radical (unpaired) electrons. The minimum Gasteiger partial charge on any atom is -0.497 e. The van der Waals surface area contributed by atoms with E-state index < -0.39 is 36.0 Å². The van der Waals surface area contributed by atoms with Gasteiger partial charge in [-0.05, 0) is 48.5 Å². The summed E-state index contributed by atoms with van der Waals surface area (Å²) in [5.74, 6) is -2.75. The van der Waals surface area contributed by atoms with Crippen molar-refractivity contribution in [2.45, 2.75) is 12.2 Å². The topological polar surface area (TPSA) is 99.2 Å². The Morgan fingerprint density at radius 3 is 1.48 bits per heavy atom. The average molecular weight is 445 g/mol. The van der Waals surface area contributed by atoms with Crippen LogP contribution in [-0.4, -0.2) is 43.1 Å². The molecule has 3 aromatic rings. The number of carbonyl (C=O) groups is 4. The second-order valence-corrected chi connectivity index (χ2v) is 7.09. The Morgan fingerprint density at radius 2 is 1.09 bits per heavy atom. The molecule has 0 bridgehead atoms. The molecule has 33 heavy (non-hydrogen) atoms. The van der Waals surface area contributed by atoms with Gasteiger partial charge in [-0.1, -0.05) is 36.4 Å². The van der Waals surface area contributed by atoms with Crippen molar-refractivity contribution in [3.05, 3.63) is 96.1 Å². The van der Waals surface area contributed by atoms with Crippen LogP contribution in [0.2, 0.25) is 0 Å². The minimum absolute atomic E-state index is 0.189. The maximum absolute atomic E-state index is 13.2. The molecular formula is C25H19NO7. The molecule has 4 rings (SSSR count). The lowest BCUT2D eigenvalue weighted by molar-refractivity contribution is -0.130. The third-order valence-corrected chi connectivity index (χ3v) is 5.02. The van der Waals surface area contributed by atoms with Crippen molar-refractivity contribution in [1.82, 2.24) is 0 Å². The van der Waals surface area contributed by atoms with Crippen LogP contribution in [0, 0.1) is 0 Å². The summed E-state index contributed by atoms with van der Waals surface area (Å²) >= 11 is 0. The summed E-state index contributed by atoms with van der Waals surface area (Å²) in [6.45, 7) is 0. The molecule has 1 fully saturated rings. The molecule has 2 amide bonds. The van der Waals surface area contributed by atoms with Gasteiger partial charge in [-0.25, -0.2) is 14.5 Å². The van der Waals surface area contributed by atoms with Crippen LogP contribution in [0.3, 0.4) is 0 Å². The van der Waals surface area contributed by atoms with Gasteiger partial charge in [0.15, 0.2) is 0 Å². The molecule has 1 saturated heterocycles. The van der Waals surface area contributed by atoms with Gasteiger partial charge in [0.25, 0.3) is 11.8 Å². The fourth-order valence-corrected chi connectivity index (χ4v) is 3.35. The Hall–Kier alpha value is -4.46. The molecule has 166 valence electrons. The normalized spacial score (nSPS) is 17.5. The predicted octanol–water partition coefficient (Wildman–Crippen LogP) is 3.02. The third-order valence-electron chi connectivity index (χ3n) is 5.02. The lowest BCUT2D eigenvalue weighted by atomic mass is 10.2. The van der Waals surface area contributed by atoms with E-state index in [0.29, 0.717) is 5.75 Å². The number of hydrogen-bond acceptors (Lipinski definition) is 7. The van der Waals surface area contributed by atoms with Crippen molar-refractivity contribution in [2.75, 3.05) is 12.0 Å². The summed E-state index contributed by atoms with van der Waals surface area (Å²) in [5, 5.41) is 0. The molecule has 0 spiro atoms. The molecule has 8 heteroatoms. The molecule has 2 atom stereocenters. The standard InChI is InChI=1S/C25H19NO7/c1-31-19-14-12-18(13-15-19)26-22(27)20(32-24(29)16-8-4-2-5-9-16)21(23(26)28)33-25(30)17-10-6-3-7-11-17/h2-15,20-21H,1H3/t20-,21-/m1/s1. The lowest BCUT2D eigenvalue weighted by Gasteiger charge is -2.16. The van der Waals surface area contributed by atoms with E-state index in [4.69, 9.17) is 14.2 Å². The zero-order valence-electron chi connectivity index (χ0n) is 17.5. The quantitative estimate of drug-likeness (QED) is 0.425. The van der Waals surface area contributed by atoms with Crippen LogP contribution >= 0.6 is 0 Å². The summed E-state index contributed by atoms with van der Waals surface area (Å²) in [6.07, 6.45) is -3.28. The summed E-state index contributed by atoms with van der Waals surface area (Å²) in [7, 11) is 1.49. The molecule has 0 N–H and O–H groups in total. The summed E-state index contributed by atoms with van der Waals surface area (Å²) in [4.78, 5) is 52.4. The van der Waals surface area contributed by atoms with Gasteiger partial charge >= 0.3 is 11.9 Å². The minimum atomic E-state index is -1.64. The van der Waals surface area contributed by atoms with Gasteiger partial charge in [0.2, 0.25) is 12.2 Å². The molecular weight excluding hydrogens is 426 g/mol. The monoisotopic (exact) mass is 445 g/mol. The van der Waals surface area contributed by atoms with Gasteiger partial charge in [-0.15, -0.1) is 0 Å². The fourth-order valence-electron chi connectivity index (χ4n) is 3.35. The van der Waals surface area contributed by atoms with Crippen LogP contribution < -0.4 is 9.64 Å². The van der Waals surface area contributed by atoms with Crippen LogP contribution in [0.1, 0.15) is 20.7 Å². The van der Waals surface area contributed by atoms with E-state index in [2.05, 4.69) is 0 Å². The zero-order chi connectivity index (χ0) is 23.4. The maximum atomic E-state index is 13.2. The second-order valence-electron chi connectivity index (χ2n) is 7.09. The first-order valence-electron chi connectivity index (χ1n) is 10.0. The first-order valence-corrected chi connectivity index (χ1v) is 10.0. The predicted molar refractivity (Wildman–Crippen MR) is 117 cm³/mol. The van der Waals surface area contributed by atoms with E-state index in [9.17, 15) is 19.2 Å². The first-order chi connectivity index (χ1) is 16.0. The van der Waals surface area contributed by atoms with Crippen molar-refractivity contribution in [2.24, 2.45) is 0 Å². The summed E-state index contributed by atoms with van der Waals surface area (Å²) in [5.41, 5.74) is 0.604. The Labute approximate surface area is 189 Å². The van der Waals surface area contributed by atoms with E-state index in [-0.39, 0.29) is 16.8 Å². The first kappa shape index (κ1) is 21.8. The molecule has 0 saturated carbocycles. The van der Waals surface area contributed by atoms with E-state index in [1.54, 1.807) is 48.5 Å². The van der Waals surface area contributed by atoms with Crippen molar-refractivity contribution < 1.29 is 33.4 Å². The fraction of sp³-hybridized carbons (Fsp3) is 0.120. The largest absolute Gasteiger partial charge is 0.497 e. The number of benzene rings is 3. The van der Waals surface area contributed by atoms with Crippen molar-refractivity contribution in [1.29, 1.82) is 0 Å². The highest BCUT2D eigenvalue weighted by Crippen LogP contribution is 2.29. The maximum Gasteiger partial charge on any atom is 0.339 e. The molecule has 1 heterocycles. The second kappa shape index (κ2) is 9.35. The van der Waals surface area contributed by atoms with E-state index in [1.165, 1.54) is 43.5 Å².